The number of carbonyl (C=O) groups excluding carboxylic acids is 2. The first kappa shape index (κ1) is 26.1. The van der Waals surface area contributed by atoms with Crippen molar-refractivity contribution < 1.29 is 38.1 Å². The first-order valence-corrected chi connectivity index (χ1v) is 11.4. The number of nitrogens with zero attached hydrogens (tertiary/aromatic N) is 1. The van der Waals surface area contributed by atoms with Crippen LogP contribution in [0.5, 0.6) is 23.3 Å². The number of ether oxygens (including phenoxy) is 5. The summed E-state index contributed by atoms with van der Waals surface area (Å²) in [5, 5.41) is 0. The van der Waals surface area contributed by atoms with Gasteiger partial charge in [-0.25, -0.2) is 4.79 Å². The van der Waals surface area contributed by atoms with Gasteiger partial charge in [-0.2, -0.15) is 4.98 Å². The lowest BCUT2D eigenvalue weighted by Crippen LogP contribution is -2.42. The Bertz CT molecular complexity index is 1010. The summed E-state index contributed by atoms with van der Waals surface area (Å²) >= 11 is 0. The predicted molar refractivity (Wildman–Crippen MR) is 126 cm³/mol. The Morgan fingerprint density at radius 1 is 1.00 bits per heavy atom. The van der Waals surface area contributed by atoms with E-state index in [0.717, 1.165) is 5.56 Å². The summed E-state index contributed by atoms with van der Waals surface area (Å²) in [6.07, 6.45) is 1.58. The average molecular weight is 489 g/mol. The molecule has 3 unspecified atom stereocenters. The zero-order valence-electron chi connectivity index (χ0n) is 20.7. The predicted octanol–water partition coefficient (Wildman–Crippen LogP) is 3.44. The monoisotopic (exact) mass is 488 g/mol. The van der Waals surface area contributed by atoms with Crippen LogP contribution in [0.15, 0.2) is 30.3 Å². The standard InChI is InChI=1S/C25H32N2O8/c1-6-33-22-11-16(7-10-21(22)30-3)19-14-18(34-15(2)28)8-9-20(19)27-35-25(29)17-12-23(31-4)26-24(13-17)32-5/h7,10-13,18-20,27H,6,8-9,14H2,1-5H3. The van der Waals surface area contributed by atoms with E-state index in [1.54, 1.807) is 7.11 Å². The Morgan fingerprint density at radius 2 is 1.71 bits per heavy atom. The second-order valence-electron chi connectivity index (χ2n) is 8.05. The van der Waals surface area contributed by atoms with Gasteiger partial charge >= 0.3 is 11.9 Å². The molecule has 0 bridgehead atoms. The van der Waals surface area contributed by atoms with Gasteiger partial charge in [0, 0.05) is 25.0 Å². The lowest BCUT2D eigenvalue weighted by atomic mass is 9.79. The van der Waals surface area contributed by atoms with Gasteiger partial charge < -0.3 is 28.5 Å². The van der Waals surface area contributed by atoms with E-state index in [1.165, 1.54) is 33.3 Å². The van der Waals surface area contributed by atoms with Gasteiger partial charge in [-0.1, -0.05) is 6.07 Å². The summed E-state index contributed by atoms with van der Waals surface area (Å²) in [6, 6.07) is 8.42. The molecular formula is C25H32N2O8. The molecule has 3 atom stereocenters. The van der Waals surface area contributed by atoms with Crippen LogP contribution in [0.25, 0.3) is 0 Å². The zero-order chi connectivity index (χ0) is 25.4. The summed E-state index contributed by atoms with van der Waals surface area (Å²) < 4.78 is 26.9. The molecule has 0 radical (unpaired) electrons. The van der Waals surface area contributed by atoms with E-state index < -0.39 is 5.97 Å². The van der Waals surface area contributed by atoms with Crippen LogP contribution in [-0.4, -0.2) is 57.0 Å². The van der Waals surface area contributed by atoms with Crippen LogP contribution in [0.3, 0.4) is 0 Å². The Hall–Kier alpha value is -3.53. The number of methoxy groups -OCH3 is 3. The van der Waals surface area contributed by atoms with Crippen molar-refractivity contribution in [2.75, 3.05) is 27.9 Å². The topological polar surface area (TPSA) is 114 Å². The van der Waals surface area contributed by atoms with Crippen molar-refractivity contribution in [3.05, 3.63) is 41.5 Å². The molecule has 0 spiro atoms. The Kier molecular flexibility index (Phi) is 9.13. The van der Waals surface area contributed by atoms with Crippen molar-refractivity contribution in [2.24, 2.45) is 0 Å². The molecule has 3 rings (SSSR count). The molecule has 1 N–H and O–H groups in total. The number of benzene rings is 1. The Morgan fingerprint density at radius 3 is 2.31 bits per heavy atom. The van der Waals surface area contributed by atoms with Gasteiger partial charge in [0.15, 0.2) is 11.5 Å². The summed E-state index contributed by atoms with van der Waals surface area (Å²) in [6.45, 7) is 3.79. The van der Waals surface area contributed by atoms with Crippen molar-refractivity contribution in [1.29, 1.82) is 0 Å². The number of hydroxylamine groups is 1. The fourth-order valence-electron chi connectivity index (χ4n) is 4.17. The van der Waals surface area contributed by atoms with Crippen LogP contribution in [0.2, 0.25) is 0 Å². The van der Waals surface area contributed by atoms with Crippen molar-refractivity contribution >= 4 is 11.9 Å². The molecule has 35 heavy (non-hydrogen) atoms. The highest BCUT2D eigenvalue weighted by molar-refractivity contribution is 5.89. The number of aromatic nitrogens is 1. The van der Waals surface area contributed by atoms with Gasteiger partial charge in [0.25, 0.3) is 0 Å². The molecule has 190 valence electrons. The second-order valence-corrected chi connectivity index (χ2v) is 8.05. The third kappa shape index (κ3) is 6.75. The Labute approximate surface area is 204 Å². The lowest BCUT2D eigenvalue weighted by molar-refractivity contribution is -0.148. The van der Waals surface area contributed by atoms with Crippen molar-refractivity contribution in [3.63, 3.8) is 0 Å². The van der Waals surface area contributed by atoms with E-state index in [9.17, 15) is 9.59 Å². The molecule has 10 nitrogen and oxygen atoms in total. The third-order valence-electron chi connectivity index (χ3n) is 5.79. The Balaban J connectivity index is 1.81. The molecule has 0 saturated heterocycles. The SMILES string of the molecule is CCOc1cc(C2CC(OC(C)=O)CCC2NOC(=O)c2cc(OC)nc(OC)c2)ccc1OC. The van der Waals surface area contributed by atoms with Crippen molar-refractivity contribution in [1.82, 2.24) is 10.5 Å². The van der Waals surface area contributed by atoms with Gasteiger partial charge in [-0.15, -0.1) is 5.48 Å². The number of rotatable bonds is 10. The van der Waals surface area contributed by atoms with Gasteiger partial charge in [-0.3, -0.25) is 4.79 Å². The summed E-state index contributed by atoms with van der Waals surface area (Å²) in [5.41, 5.74) is 4.11. The minimum Gasteiger partial charge on any atom is -0.493 e. The molecule has 2 aromatic rings. The van der Waals surface area contributed by atoms with E-state index in [1.807, 2.05) is 25.1 Å². The van der Waals surface area contributed by atoms with Gasteiger partial charge in [0.1, 0.15) is 6.10 Å². The maximum atomic E-state index is 12.8. The van der Waals surface area contributed by atoms with E-state index >= 15 is 0 Å². The molecule has 10 heteroatoms. The molecule has 1 heterocycles. The van der Waals surface area contributed by atoms with Crippen LogP contribution >= 0.6 is 0 Å². The van der Waals surface area contributed by atoms with E-state index in [4.69, 9.17) is 28.5 Å². The number of nitrogens with one attached hydrogen (secondary N) is 1. The van der Waals surface area contributed by atoms with E-state index in [2.05, 4.69) is 10.5 Å². The third-order valence-corrected chi connectivity index (χ3v) is 5.79. The molecule has 1 fully saturated rings. The number of carbonyl (C=O) groups is 2. The highest BCUT2D eigenvalue weighted by Crippen LogP contribution is 2.38. The lowest BCUT2D eigenvalue weighted by Gasteiger charge is -2.36. The smallest absolute Gasteiger partial charge is 0.357 e. The van der Waals surface area contributed by atoms with Gasteiger partial charge in [0.2, 0.25) is 11.8 Å². The van der Waals surface area contributed by atoms with Crippen LogP contribution in [0.1, 0.15) is 54.9 Å². The highest BCUT2D eigenvalue weighted by atomic mass is 16.7. The molecular weight excluding hydrogens is 456 g/mol. The van der Waals surface area contributed by atoms with E-state index in [-0.39, 0.29) is 41.4 Å². The molecule has 0 amide bonds. The number of pyridine rings is 1. The number of hydrogen-bond donors (Lipinski definition) is 1. The molecule has 1 aliphatic carbocycles. The number of hydrogen-bond acceptors (Lipinski definition) is 10. The molecule has 1 aromatic heterocycles. The number of esters is 1. The second kappa shape index (κ2) is 12.3. The summed E-state index contributed by atoms with van der Waals surface area (Å²) in [7, 11) is 4.49. The highest BCUT2D eigenvalue weighted by Gasteiger charge is 2.34. The minimum atomic E-state index is -0.602. The quantitative estimate of drug-likeness (QED) is 0.394. The van der Waals surface area contributed by atoms with Crippen LogP contribution in [-0.2, 0) is 14.4 Å². The van der Waals surface area contributed by atoms with Crippen LogP contribution < -0.4 is 24.4 Å². The normalized spacial score (nSPS) is 19.4. The summed E-state index contributed by atoms with van der Waals surface area (Å²) in [5.74, 6) is 0.669. The van der Waals surface area contributed by atoms with E-state index in [0.29, 0.717) is 37.4 Å². The average Bonchev–Trinajstić information content (AvgIpc) is 2.87. The first-order chi connectivity index (χ1) is 16.9. The minimum absolute atomic E-state index is 0.118. The molecule has 1 aliphatic rings. The first-order valence-electron chi connectivity index (χ1n) is 11.4. The molecule has 0 aliphatic heterocycles. The summed E-state index contributed by atoms with van der Waals surface area (Å²) in [4.78, 5) is 33.9. The van der Waals surface area contributed by atoms with Crippen molar-refractivity contribution in [2.45, 2.75) is 51.2 Å². The van der Waals surface area contributed by atoms with Crippen molar-refractivity contribution in [3.8, 4) is 23.3 Å². The molecule has 1 saturated carbocycles. The van der Waals surface area contributed by atoms with Crippen LogP contribution in [0.4, 0.5) is 0 Å². The fourth-order valence-corrected chi connectivity index (χ4v) is 4.17. The van der Waals surface area contributed by atoms with Gasteiger partial charge in [-0.05, 0) is 43.9 Å². The van der Waals surface area contributed by atoms with Crippen LogP contribution in [0, 0.1) is 0 Å². The maximum absolute atomic E-state index is 12.8. The fraction of sp³-hybridized carbons (Fsp3) is 0.480. The largest absolute Gasteiger partial charge is 0.493 e. The maximum Gasteiger partial charge on any atom is 0.357 e. The van der Waals surface area contributed by atoms with Gasteiger partial charge in [0.05, 0.1) is 39.5 Å². The zero-order valence-corrected chi connectivity index (χ0v) is 20.7. The molecule has 1 aromatic carbocycles.